The van der Waals surface area contributed by atoms with Gasteiger partial charge in [0.25, 0.3) is 0 Å². The van der Waals surface area contributed by atoms with Gasteiger partial charge >= 0.3 is 0 Å². The van der Waals surface area contributed by atoms with E-state index < -0.39 is 10.0 Å². The topological polar surface area (TPSA) is 65.8 Å². The molecule has 120 valence electrons. The lowest BCUT2D eigenvalue weighted by atomic mass is 10.1. The lowest BCUT2D eigenvalue weighted by Gasteiger charge is -2.20. The third kappa shape index (κ3) is 3.66. The predicted octanol–water partition coefficient (Wildman–Crippen LogP) is 0.880. The standard InChI is InChI=1S/C14H25N3O3S/c1-11-14(7-13(20-11)8-15-2)21(18,19)17(4)10-12-5-6-16(3)9-12/h7,12,15H,5-6,8-10H2,1-4H3. The highest BCUT2D eigenvalue weighted by atomic mass is 32.2. The van der Waals surface area contributed by atoms with Crippen molar-refractivity contribution in [3.05, 3.63) is 17.6 Å². The van der Waals surface area contributed by atoms with Gasteiger partial charge in [0.1, 0.15) is 16.4 Å². The number of likely N-dealkylation sites (tertiary alicyclic amines) is 1. The smallest absolute Gasteiger partial charge is 0.246 e. The molecule has 0 spiro atoms. The Labute approximate surface area is 127 Å². The zero-order valence-corrected chi connectivity index (χ0v) is 14.0. The van der Waals surface area contributed by atoms with Crippen LogP contribution in [0.25, 0.3) is 0 Å². The molecule has 1 N–H and O–H groups in total. The molecule has 1 unspecified atom stereocenters. The minimum Gasteiger partial charge on any atom is -0.464 e. The Morgan fingerprint density at radius 2 is 2.24 bits per heavy atom. The molecule has 0 radical (unpaired) electrons. The Balaban J connectivity index is 2.13. The molecule has 1 aromatic rings. The maximum atomic E-state index is 12.7. The van der Waals surface area contributed by atoms with E-state index in [1.807, 2.05) is 0 Å². The van der Waals surface area contributed by atoms with Crippen LogP contribution in [0.1, 0.15) is 17.9 Å². The van der Waals surface area contributed by atoms with E-state index in [1.54, 1.807) is 27.1 Å². The summed E-state index contributed by atoms with van der Waals surface area (Å²) >= 11 is 0. The summed E-state index contributed by atoms with van der Waals surface area (Å²) < 4.78 is 32.3. The normalized spacial score (nSPS) is 20.5. The number of nitrogens with zero attached hydrogens (tertiary/aromatic N) is 2. The van der Waals surface area contributed by atoms with E-state index in [-0.39, 0.29) is 4.90 Å². The number of aryl methyl sites for hydroxylation is 1. The molecule has 1 fully saturated rings. The second-order valence-electron chi connectivity index (χ2n) is 5.87. The molecule has 6 nitrogen and oxygen atoms in total. The summed E-state index contributed by atoms with van der Waals surface area (Å²) in [5.74, 6) is 1.50. The van der Waals surface area contributed by atoms with E-state index in [4.69, 9.17) is 4.42 Å². The van der Waals surface area contributed by atoms with E-state index in [0.717, 1.165) is 19.5 Å². The van der Waals surface area contributed by atoms with Gasteiger partial charge in [0.05, 0.1) is 6.54 Å². The molecule has 0 aliphatic carbocycles. The van der Waals surface area contributed by atoms with Gasteiger partial charge in [0.2, 0.25) is 10.0 Å². The molecule has 1 aliphatic heterocycles. The summed E-state index contributed by atoms with van der Waals surface area (Å²) in [7, 11) is 2.04. The summed E-state index contributed by atoms with van der Waals surface area (Å²) in [4.78, 5) is 2.51. The van der Waals surface area contributed by atoms with Crippen molar-refractivity contribution in [2.45, 2.75) is 24.8 Å². The maximum Gasteiger partial charge on any atom is 0.246 e. The highest BCUT2D eigenvalue weighted by Gasteiger charge is 2.29. The molecule has 1 aliphatic rings. The van der Waals surface area contributed by atoms with Crippen LogP contribution >= 0.6 is 0 Å². The van der Waals surface area contributed by atoms with Crippen LogP contribution in [-0.2, 0) is 16.6 Å². The van der Waals surface area contributed by atoms with Crippen molar-refractivity contribution in [1.29, 1.82) is 0 Å². The lowest BCUT2D eigenvalue weighted by molar-refractivity contribution is 0.356. The monoisotopic (exact) mass is 315 g/mol. The SMILES string of the molecule is CNCc1cc(S(=O)(=O)N(C)CC2CCN(C)C2)c(C)o1. The molecule has 21 heavy (non-hydrogen) atoms. The molecular weight excluding hydrogens is 290 g/mol. The number of furan rings is 1. The molecule has 1 atom stereocenters. The fraction of sp³-hybridized carbons (Fsp3) is 0.714. The van der Waals surface area contributed by atoms with Gasteiger partial charge in [-0.15, -0.1) is 0 Å². The zero-order valence-electron chi connectivity index (χ0n) is 13.2. The van der Waals surface area contributed by atoms with Crippen molar-refractivity contribution in [2.24, 2.45) is 5.92 Å². The third-order valence-corrected chi connectivity index (χ3v) is 5.90. The Hall–Kier alpha value is -0.890. The fourth-order valence-corrected chi connectivity index (χ4v) is 4.27. The summed E-state index contributed by atoms with van der Waals surface area (Å²) in [6.07, 6.45) is 1.05. The third-order valence-electron chi connectivity index (χ3n) is 3.97. The van der Waals surface area contributed by atoms with Gasteiger partial charge in [-0.1, -0.05) is 0 Å². The van der Waals surface area contributed by atoms with Crippen molar-refractivity contribution in [3.8, 4) is 0 Å². The second-order valence-corrected chi connectivity index (χ2v) is 7.88. The van der Waals surface area contributed by atoms with Crippen LogP contribution < -0.4 is 5.32 Å². The molecule has 0 bridgehead atoms. The van der Waals surface area contributed by atoms with Crippen LogP contribution in [0.2, 0.25) is 0 Å². The predicted molar refractivity (Wildman–Crippen MR) is 81.6 cm³/mol. The van der Waals surface area contributed by atoms with E-state index in [1.165, 1.54) is 4.31 Å². The minimum absolute atomic E-state index is 0.279. The van der Waals surface area contributed by atoms with Crippen LogP contribution in [0.3, 0.4) is 0 Å². The van der Waals surface area contributed by atoms with Crippen LogP contribution in [0.4, 0.5) is 0 Å². The molecule has 2 rings (SSSR count). The number of sulfonamides is 1. The molecule has 1 saturated heterocycles. The molecule has 7 heteroatoms. The van der Waals surface area contributed by atoms with E-state index in [9.17, 15) is 8.42 Å². The van der Waals surface area contributed by atoms with E-state index in [2.05, 4.69) is 17.3 Å². The molecular formula is C14H25N3O3S. The van der Waals surface area contributed by atoms with Crippen LogP contribution in [0.15, 0.2) is 15.4 Å². The second kappa shape index (κ2) is 6.48. The van der Waals surface area contributed by atoms with Crippen molar-refractivity contribution in [2.75, 3.05) is 40.8 Å². The van der Waals surface area contributed by atoms with Gasteiger partial charge < -0.3 is 14.6 Å². The molecule has 0 aromatic carbocycles. The summed E-state index contributed by atoms with van der Waals surface area (Å²) in [6.45, 7) is 4.76. The molecule has 1 aromatic heterocycles. The summed E-state index contributed by atoms with van der Waals surface area (Å²) in [5, 5.41) is 2.96. The van der Waals surface area contributed by atoms with Crippen molar-refractivity contribution < 1.29 is 12.8 Å². The average Bonchev–Trinajstić information content (AvgIpc) is 2.96. The Bertz CT molecular complexity index is 582. The van der Waals surface area contributed by atoms with Gasteiger partial charge in [0.15, 0.2) is 0 Å². The minimum atomic E-state index is -3.48. The first-order valence-corrected chi connectivity index (χ1v) is 8.67. The Morgan fingerprint density at radius 3 is 2.81 bits per heavy atom. The molecule has 0 amide bonds. The Morgan fingerprint density at radius 1 is 1.52 bits per heavy atom. The van der Waals surface area contributed by atoms with Crippen molar-refractivity contribution in [3.63, 3.8) is 0 Å². The van der Waals surface area contributed by atoms with Gasteiger partial charge in [-0.2, -0.15) is 0 Å². The first-order chi connectivity index (χ1) is 9.84. The number of rotatable bonds is 6. The Kier molecular flexibility index (Phi) is 5.08. The van der Waals surface area contributed by atoms with Crippen LogP contribution in [-0.4, -0.2) is 58.4 Å². The first-order valence-electron chi connectivity index (χ1n) is 7.23. The van der Waals surface area contributed by atoms with Gasteiger partial charge in [-0.25, -0.2) is 12.7 Å². The summed E-state index contributed by atoms with van der Waals surface area (Å²) in [5.41, 5.74) is 0. The number of hydrogen-bond acceptors (Lipinski definition) is 5. The lowest BCUT2D eigenvalue weighted by Crippen LogP contribution is -2.33. The van der Waals surface area contributed by atoms with Gasteiger partial charge in [0, 0.05) is 26.2 Å². The van der Waals surface area contributed by atoms with Crippen LogP contribution in [0.5, 0.6) is 0 Å². The highest BCUT2D eigenvalue weighted by Crippen LogP contribution is 2.25. The first kappa shape index (κ1) is 16.5. The zero-order chi connectivity index (χ0) is 15.6. The summed E-state index contributed by atoms with van der Waals surface area (Å²) in [6, 6.07) is 1.62. The largest absolute Gasteiger partial charge is 0.464 e. The van der Waals surface area contributed by atoms with E-state index >= 15 is 0 Å². The maximum absolute atomic E-state index is 12.7. The molecule has 0 saturated carbocycles. The fourth-order valence-electron chi connectivity index (χ4n) is 2.85. The quantitative estimate of drug-likeness (QED) is 0.844. The average molecular weight is 315 g/mol. The van der Waals surface area contributed by atoms with Crippen molar-refractivity contribution in [1.82, 2.24) is 14.5 Å². The molecule has 2 heterocycles. The highest BCUT2D eigenvalue weighted by molar-refractivity contribution is 7.89. The van der Waals surface area contributed by atoms with Gasteiger partial charge in [-0.3, -0.25) is 0 Å². The van der Waals surface area contributed by atoms with Crippen LogP contribution in [0, 0.1) is 12.8 Å². The number of nitrogens with one attached hydrogen (secondary N) is 1. The van der Waals surface area contributed by atoms with E-state index in [0.29, 0.717) is 30.5 Å². The van der Waals surface area contributed by atoms with Crippen molar-refractivity contribution >= 4 is 10.0 Å². The number of hydrogen-bond donors (Lipinski definition) is 1. The van der Waals surface area contributed by atoms with Gasteiger partial charge in [-0.05, 0) is 39.9 Å².